The van der Waals surface area contributed by atoms with Crippen molar-refractivity contribution in [1.29, 1.82) is 5.41 Å². The van der Waals surface area contributed by atoms with Crippen molar-refractivity contribution in [2.45, 2.75) is 32.2 Å². The van der Waals surface area contributed by atoms with Crippen LogP contribution in [0.15, 0.2) is 31.1 Å². The molecule has 37 heavy (non-hydrogen) atoms. The average Bonchev–Trinajstić information content (AvgIpc) is 3.27. The molecule has 0 spiro atoms. The van der Waals surface area contributed by atoms with Crippen molar-refractivity contribution >= 4 is 40.7 Å². The summed E-state index contributed by atoms with van der Waals surface area (Å²) in [6.07, 6.45) is 8.53. The number of carbonyl (C=O) groups excluding carboxylic acids is 1. The number of rotatable bonds is 6. The summed E-state index contributed by atoms with van der Waals surface area (Å²) in [5, 5.41) is 8.62. The van der Waals surface area contributed by atoms with Gasteiger partial charge in [0, 0.05) is 37.6 Å². The van der Waals surface area contributed by atoms with Crippen LogP contribution in [0.4, 0.5) is 10.7 Å². The van der Waals surface area contributed by atoms with Crippen LogP contribution in [0, 0.1) is 17.2 Å². The van der Waals surface area contributed by atoms with Crippen molar-refractivity contribution in [3.63, 3.8) is 0 Å². The number of allylic oxidation sites excluding steroid dienone is 1. The third kappa shape index (κ3) is 5.42. The number of aromatic nitrogens is 5. The van der Waals surface area contributed by atoms with Gasteiger partial charge in [-0.05, 0) is 43.6 Å². The van der Waals surface area contributed by atoms with Crippen molar-refractivity contribution in [3.05, 3.63) is 42.0 Å². The molecule has 5 rings (SSSR count). The number of nitrogens with two attached hydrogens (primary N) is 1. The number of primary amides is 1. The van der Waals surface area contributed by atoms with E-state index in [-0.39, 0.29) is 5.82 Å². The summed E-state index contributed by atoms with van der Waals surface area (Å²) in [6, 6.07) is 1.75. The van der Waals surface area contributed by atoms with Crippen LogP contribution in [-0.4, -0.2) is 62.8 Å². The van der Waals surface area contributed by atoms with Gasteiger partial charge in [-0.1, -0.05) is 17.7 Å². The fourth-order valence-electron chi connectivity index (χ4n) is 5.06. The average molecular weight is 525 g/mol. The largest absolute Gasteiger partial charge is 0.411 e. The van der Waals surface area contributed by atoms with Crippen LogP contribution < -0.4 is 10.6 Å². The SMILES string of the molecule is C=CC1CCC(Cn2c(N3CCOCC3)nc3nc(C(=N)OC(N)=O)nc(-c4cncc(Cl)c4)c32)CC1. The third-order valence-corrected chi connectivity index (χ3v) is 7.13. The molecule has 1 amide bonds. The highest BCUT2D eigenvalue weighted by Gasteiger charge is 2.28. The van der Waals surface area contributed by atoms with Crippen LogP contribution in [0.1, 0.15) is 31.5 Å². The fraction of sp³-hybridized carbons (Fsp3) is 0.440. The molecule has 1 saturated carbocycles. The number of halogens is 1. The van der Waals surface area contributed by atoms with Gasteiger partial charge in [0.2, 0.25) is 11.8 Å². The number of ether oxygens (including phenoxy) is 2. The molecule has 0 bridgehead atoms. The van der Waals surface area contributed by atoms with Crippen LogP contribution in [0.2, 0.25) is 5.02 Å². The topological polar surface area (TPSA) is 145 Å². The molecule has 12 heteroatoms. The number of nitrogens with zero attached hydrogens (tertiary/aromatic N) is 6. The van der Waals surface area contributed by atoms with Gasteiger partial charge in [-0.3, -0.25) is 10.4 Å². The second kappa shape index (κ2) is 10.8. The maximum Gasteiger partial charge on any atom is 0.411 e. The van der Waals surface area contributed by atoms with Gasteiger partial charge in [0.05, 0.1) is 18.2 Å². The van der Waals surface area contributed by atoms with Gasteiger partial charge in [-0.15, -0.1) is 6.58 Å². The summed E-state index contributed by atoms with van der Waals surface area (Å²) in [7, 11) is 0. The van der Waals surface area contributed by atoms with Gasteiger partial charge in [0.1, 0.15) is 11.2 Å². The molecule has 0 radical (unpaired) electrons. The summed E-state index contributed by atoms with van der Waals surface area (Å²) in [5.74, 6) is 1.12. The number of hydrogen-bond donors (Lipinski definition) is 2. The van der Waals surface area contributed by atoms with Gasteiger partial charge >= 0.3 is 6.09 Å². The molecule has 3 aromatic rings. The lowest BCUT2D eigenvalue weighted by Crippen LogP contribution is -2.38. The van der Waals surface area contributed by atoms with E-state index in [1.807, 2.05) is 0 Å². The summed E-state index contributed by atoms with van der Waals surface area (Å²) >= 11 is 6.28. The van der Waals surface area contributed by atoms with Gasteiger partial charge < -0.3 is 24.7 Å². The fourth-order valence-corrected chi connectivity index (χ4v) is 5.23. The predicted octanol–water partition coefficient (Wildman–Crippen LogP) is 3.79. The third-order valence-electron chi connectivity index (χ3n) is 6.93. The first-order valence-corrected chi connectivity index (χ1v) is 12.7. The van der Waals surface area contributed by atoms with E-state index in [4.69, 9.17) is 37.2 Å². The highest BCUT2D eigenvalue weighted by Crippen LogP contribution is 2.36. The van der Waals surface area contributed by atoms with Crippen molar-refractivity contribution in [1.82, 2.24) is 24.5 Å². The lowest BCUT2D eigenvalue weighted by atomic mass is 9.82. The zero-order valence-corrected chi connectivity index (χ0v) is 21.2. The van der Waals surface area contributed by atoms with Gasteiger partial charge in [0.25, 0.3) is 5.90 Å². The standard InChI is InChI=1S/C25H29ClN8O3/c1-2-15-3-5-16(6-4-15)14-34-20-19(17-11-18(26)13-29-12-17)30-23(21(27)37-24(28)35)31-22(20)32-25(34)33-7-9-36-10-8-33/h2,11-13,15-16,27H,1,3-10,14H2,(H2,28,35). The van der Waals surface area contributed by atoms with Gasteiger partial charge in [0.15, 0.2) is 5.65 Å². The number of imidazole rings is 1. The van der Waals surface area contributed by atoms with Crippen LogP contribution in [-0.2, 0) is 16.0 Å². The number of fused-ring (bicyclic) bond motifs is 1. The van der Waals surface area contributed by atoms with Crippen LogP contribution >= 0.6 is 11.6 Å². The van der Waals surface area contributed by atoms with Gasteiger partial charge in [-0.2, -0.15) is 4.98 Å². The number of morpholine rings is 1. The Kier molecular flexibility index (Phi) is 7.33. The molecular formula is C25H29ClN8O3. The first-order chi connectivity index (χ1) is 17.9. The minimum atomic E-state index is -1.12. The number of carbonyl (C=O) groups is 1. The van der Waals surface area contributed by atoms with E-state index in [0.717, 1.165) is 38.2 Å². The minimum absolute atomic E-state index is 0.106. The first-order valence-electron chi connectivity index (χ1n) is 12.3. The normalized spacial score (nSPS) is 20.1. The lowest BCUT2D eigenvalue weighted by molar-refractivity contribution is 0.121. The number of nitrogens with one attached hydrogen (secondary N) is 1. The molecule has 1 aliphatic carbocycles. The zero-order valence-electron chi connectivity index (χ0n) is 20.4. The van der Waals surface area contributed by atoms with Crippen LogP contribution in [0.5, 0.6) is 0 Å². The number of anilines is 1. The number of hydrogen-bond acceptors (Lipinski definition) is 9. The monoisotopic (exact) mass is 524 g/mol. The Bertz CT molecular complexity index is 1330. The molecule has 194 valence electrons. The maximum absolute atomic E-state index is 11.3. The highest BCUT2D eigenvalue weighted by atomic mass is 35.5. The van der Waals surface area contributed by atoms with Crippen LogP contribution in [0.3, 0.4) is 0 Å². The van der Waals surface area contributed by atoms with Crippen molar-refractivity contribution in [3.8, 4) is 11.3 Å². The molecular weight excluding hydrogens is 496 g/mol. The Morgan fingerprint density at radius 2 is 1.97 bits per heavy atom. The predicted molar refractivity (Wildman–Crippen MR) is 140 cm³/mol. The molecule has 2 fully saturated rings. The maximum atomic E-state index is 11.3. The lowest BCUT2D eigenvalue weighted by Gasteiger charge is -2.31. The van der Waals surface area contributed by atoms with E-state index in [0.29, 0.717) is 65.6 Å². The summed E-state index contributed by atoms with van der Waals surface area (Å²) in [5.41, 5.74) is 7.37. The number of pyridine rings is 1. The second-order valence-electron chi connectivity index (χ2n) is 9.35. The molecule has 3 N–H and O–H groups in total. The molecule has 11 nitrogen and oxygen atoms in total. The Morgan fingerprint density at radius 1 is 1.22 bits per heavy atom. The Balaban J connectivity index is 1.67. The number of amides is 1. The van der Waals surface area contributed by atoms with Crippen molar-refractivity contribution in [2.24, 2.45) is 17.6 Å². The van der Waals surface area contributed by atoms with Crippen LogP contribution in [0.25, 0.3) is 22.4 Å². The summed E-state index contributed by atoms with van der Waals surface area (Å²) < 4.78 is 12.5. The molecule has 0 aromatic carbocycles. The smallest absolute Gasteiger partial charge is 0.388 e. The van der Waals surface area contributed by atoms with E-state index < -0.39 is 12.0 Å². The van der Waals surface area contributed by atoms with Crippen molar-refractivity contribution in [2.75, 3.05) is 31.2 Å². The molecule has 3 aromatic heterocycles. The molecule has 1 saturated heterocycles. The quantitative estimate of drug-likeness (QED) is 0.281. The minimum Gasteiger partial charge on any atom is -0.388 e. The zero-order chi connectivity index (χ0) is 25.9. The van der Waals surface area contributed by atoms with E-state index >= 15 is 0 Å². The van der Waals surface area contributed by atoms with Gasteiger partial charge in [-0.25, -0.2) is 14.8 Å². The summed E-state index contributed by atoms with van der Waals surface area (Å²) in [6.45, 7) is 7.31. The van der Waals surface area contributed by atoms with E-state index in [1.54, 1.807) is 12.3 Å². The molecule has 0 unspecified atom stereocenters. The summed E-state index contributed by atoms with van der Waals surface area (Å²) in [4.78, 5) is 31.8. The molecule has 2 aliphatic rings. The Labute approximate surface area is 219 Å². The van der Waals surface area contributed by atoms with Crippen molar-refractivity contribution < 1.29 is 14.3 Å². The van der Waals surface area contributed by atoms with E-state index in [2.05, 4.69) is 37.1 Å². The molecule has 4 heterocycles. The Hall–Kier alpha value is -3.57. The van der Waals surface area contributed by atoms with E-state index in [1.165, 1.54) is 6.20 Å². The van der Waals surface area contributed by atoms with E-state index in [9.17, 15) is 4.79 Å². The first kappa shape index (κ1) is 25.1. The molecule has 0 atom stereocenters. The highest BCUT2D eigenvalue weighted by molar-refractivity contribution is 6.30. The Morgan fingerprint density at radius 3 is 2.65 bits per heavy atom. The molecule has 1 aliphatic heterocycles. The second-order valence-corrected chi connectivity index (χ2v) is 9.78.